The molecule has 3 aromatic rings. The van der Waals surface area contributed by atoms with Gasteiger partial charge >= 0.3 is 6.09 Å². The van der Waals surface area contributed by atoms with Gasteiger partial charge < -0.3 is 14.5 Å². The van der Waals surface area contributed by atoms with Gasteiger partial charge in [0.05, 0.1) is 33.3 Å². The number of rotatable bonds is 10. The topological polar surface area (TPSA) is 72.8 Å². The van der Waals surface area contributed by atoms with Crippen molar-refractivity contribution in [3.05, 3.63) is 87.9 Å². The summed E-state index contributed by atoms with van der Waals surface area (Å²) in [7, 11) is -1.75. The van der Waals surface area contributed by atoms with Gasteiger partial charge in [0.2, 0.25) is 0 Å². The van der Waals surface area contributed by atoms with E-state index in [4.69, 9.17) is 14.2 Å². The quantitative estimate of drug-likeness (QED) is 0.229. The average molecular weight is 622 g/mol. The first kappa shape index (κ1) is 31.0. The third-order valence-corrected chi connectivity index (χ3v) is 15.5. The van der Waals surface area contributed by atoms with Gasteiger partial charge in [-0.2, -0.15) is 0 Å². The number of nitrogens with one attached hydrogen (secondary N) is 1. The molecular formula is C33H43N3O3S2Si. The number of amides is 1. The number of thiazole rings is 1. The zero-order chi connectivity index (χ0) is 30.0. The Balaban J connectivity index is 1.42. The van der Waals surface area contributed by atoms with Crippen LogP contribution in [0.25, 0.3) is 0 Å². The summed E-state index contributed by atoms with van der Waals surface area (Å²) in [5, 5.41) is 4.48. The lowest BCUT2D eigenvalue weighted by atomic mass is 9.69. The number of alkyl carbamates (subject to hydrolysis) is 1. The van der Waals surface area contributed by atoms with Gasteiger partial charge in [-0.05, 0) is 68.4 Å². The van der Waals surface area contributed by atoms with Crippen molar-refractivity contribution >= 4 is 42.6 Å². The molecule has 0 bridgehead atoms. The largest absolute Gasteiger partial charge is 0.444 e. The maximum atomic E-state index is 13.0. The van der Waals surface area contributed by atoms with Gasteiger partial charge in [-0.3, -0.25) is 9.98 Å². The Morgan fingerprint density at radius 3 is 2.24 bits per heavy atom. The molecule has 2 unspecified atom stereocenters. The van der Waals surface area contributed by atoms with E-state index < -0.39 is 19.5 Å². The highest BCUT2D eigenvalue weighted by molar-refractivity contribution is 8.15. The lowest BCUT2D eigenvalue weighted by Gasteiger charge is -2.51. The Morgan fingerprint density at radius 2 is 1.67 bits per heavy atom. The zero-order valence-corrected chi connectivity index (χ0v) is 28.2. The van der Waals surface area contributed by atoms with E-state index in [1.807, 2.05) is 44.2 Å². The number of carbonyl (C=O) groups is 1. The molecule has 1 N–H and O–H groups in total. The summed E-state index contributed by atoms with van der Waals surface area (Å²) < 4.78 is 12.5. The van der Waals surface area contributed by atoms with E-state index in [0.29, 0.717) is 0 Å². The number of aliphatic imine (C=N–C) groups is 1. The van der Waals surface area contributed by atoms with Gasteiger partial charge in [-0.1, -0.05) is 87.1 Å². The predicted molar refractivity (Wildman–Crippen MR) is 177 cm³/mol. The van der Waals surface area contributed by atoms with Crippen LogP contribution in [0, 0.1) is 0 Å². The minimum Gasteiger partial charge on any atom is -0.444 e. The highest BCUT2D eigenvalue weighted by Gasteiger charge is 2.50. The maximum Gasteiger partial charge on any atom is 0.408 e. The van der Waals surface area contributed by atoms with E-state index in [2.05, 4.69) is 85.7 Å². The van der Waals surface area contributed by atoms with Crippen LogP contribution < -0.4 is 5.32 Å². The first-order chi connectivity index (χ1) is 20.1. The molecule has 2 atom stereocenters. The molecule has 2 aromatic carbocycles. The summed E-state index contributed by atoms with van der Waals surface area (Å²) >= 11 is 3.43. The summed E-state index contributed by atoms with van der Waals surface area (Å²) in [5.41, 5.74) is 4.29. The Bertz CT molecular complexity index is 1360. The number of hydrogen-bond donors (Lipinski definition) is 1. The van der Waals surface area contributed by atoms with Crippen molar-refractivity contribution in [3.63, 3.8) is 0 Å². The smallest absolute Gasteiger partial charge is 0.408 e. The fraction of sp³-hybridized carbons (Fsp3) is 0.485. The Morgan fingerprint density at radius 1 is 1.00 bits per heavy atom. The molecule has 1 aliphatic heterocycles. The zero-order valence-electron chi connectivity index (χ0n) is 25.6. The third-order valence-electron chi connectivity index (χ3n) is 8.60. The first-order valence-corrected chi connectivity index (χ1v) is 19.4. The van der Waals surface area contributed by atoms with E-state index in [1.165, 1.54) is 5.56 Å². The molecule has 1 aliphatic carbocycles. The molecule has 2 aliphatic rings. The number of benzene rings is 2. The summed E-state index contributed by atoms with van der Waals surface area (Å²) in [6.07, 6.45) is 3.16. The molecule has 1 aromatic heterocycles. The summed E-state index contributed by atoms with van der Waals surface area (Å²) in [5.74, 6) is 0. The van der Waals surface area contributed by atoms with Gasteiger partial charge in [0.1, 0.15) is 10.6 Å². The number of nitrogens with zero attached hydrogens (tertiary/aromatic N) is 2. The Kier molecular flexibility index (Phi) is 9.32. The molecule has 1 amide bonds. The second-order valence-corrected chi connectivity index (χ2v) is 19.2. The Labute approximate surface area is 259 Å². The van der Waals surface area contributed by atoms with Gasteiger partial charge in [0.25, 0.3) is 0 Å². The highest BCUT2D eigenvalue weighted by atomic mass is 32.2. The fourth-order valence-electron chi connectivity index (χ4n) is 6.06. The van der Waals surface area contributed by atoms with Crippen LogP contribution in [-0.2, 0) is 14.7 Å². The third kappa shape index (κ3) is 6.69. The van der Waals surface area contributed by atoms with Crippen molar-refractivity contribution in [3.8, 4) is 0 Å². The molecular weight excluding hydrogens is 579 g/mol. The van der Waals surface area contributed by atoms with E-state index in [-0.39, 0.29) is 23.5 Å². The van der Waals surface area contributed by atoms with Crippen molar-refractivity contribution in [2.45, 2.75) is 101 Å². The molecule has 1 fully saturated rings. The summed E-state index contributed by atoms with van der Waals surface area (Å²) in [6.45, 7) is 12.5. The van der Waals surface area contributed by atoms with Gasteiger partial charge in [0, 0.05) is 6.20 Å². The average Bonchev–Trinajstić information content (AvgIpc) is 3.65. The normalized spacial score (nSPS) is 24.1. The SMILES string of the molecule is CC[Si](CC)(CC)O[C@H]1C[C@@](NC(=O)OC(C)(C)C)(c2ccc(C3N=C(c4cncs4)SC3c3ccccc3)cc2)C1. The molecule has 9 heteroatoms. The molecule has 42 heavy (non-hydrogen) atoms. The summed E-state index contributed by atoms with van der Waals surface area (Å²) in [6, 6.07) is 22.6. The molecule has 0 spiro atoms. The second-order valence-electron chi connectivity index (χ2n) is 12.4. The van der Waals surface area contributed by atoms with Gasteiger partial charge in [-0.25, -0.2) is 4.79 Å². The molecule has 5 rings (SSSR count). The van der Waals surface area contributed by atoms with Crippen LogP contribution in [0.15, 0.2) is 71.3 Å². The molecule has 2 heterocycles. The summed E-state index contributed by atoms with van der Waals surface area (Å²) in [4.78, 5) is 23.6. The number of hydrogen-bond acceptors (Lipinski definition) is 7. The van der Waals surface area contributed by atoms with Crippen LogP contribution in [0.1, 0.15) is 87.2 Å². The van der Waals surface area contributed by atoms with Crippen LogP contribution in [-0.4, -0.2) is 36.1 Å². The van der Waals surface area contributed by atoms with Crippen molar-refractivity contribution in [1.82, 2.24) is 10.3 Å². The lowest BCUT2D eigenvalue weighted by molar-refractivity contribution is -0.00523. The van der Waals surface area contributed by atoms with E-state index in [9.17, 15) is 4.79 Å². The fourth-order valence-corrected chi connectivity index (χ4v) is 11.0. The van der Waals surface area contributed by atoms with Crippen LogP contribution in [0.2, 0.25) is 18.1 Å². The molecule has 1 saturated carbocycles. The van der Waals surface area contributed by atoms with Gasteiger partial charge in [0.15, 0.2) is 8.32 Å². The molecule has 6 nitrogen and oxygen atoms in total. The number of aromatic nitrogens is 1. The van der Waals surface area contributed by atoms with Crippen molar-refractivity contribution in [2.75, 3.05) is 0 Å². The van der Waals surface area contributed by atoms with Crippen LogP contribution >= 0.6 is 23.1 Å². The minimum atomic E-state index is -1.75. The van der Waals surface area contributed by atoms with Crippen molar-refractivity contribution in [2.24, 2.45) is 4.99 Å². The highest BCUT2D eigenvalue weighted by Crippen LogP contribution is 2.51. The number of thioether (sulfide) groups is 1. The van der Waals surface area contributed by atoms with Gasteiger partial charge in [-0.15, -0.1) is 11.3 Å². The minimum absolute atomic E-state index is 0.0129. The van der Waals surface area contributed by atoms with Crippen LogP contribution in [0.4, 0.5) is 4.79 Å². The second kappa shape index (κ2) is 12.6. The van der Waals surface area contributed by atoms with Crippen LogP contribution in [0.5, 0.6) is 0 Å². The number of carbonyl (C=O) groups excluding carboxylic acids is 1. The molecule has 0 saturated heterocycles. The standard InChI is InChI=1S/C33H43N3O3S2Si/c1-7-42(8-2,9-3)39-26-19-33(20-26,36-31(37)38-32(4,5)6)25-17-15-23(16-18-25)28-29(24-13-11-10-12-14-24)41-30(35-28)27-21-34-22-40-27/h10-18,21-22,26,28-29H,7-9,19-20H2,1-6H3,(H,36,37)/t26-,28?,29?,33-. The number of ether oxygens (including phenoxy) is 1. The van der Waals surface area contributed by atoms with E-state index in [1.54, 1.807) is 11.3 Å². The molecule has 224 valence electrons. The Hall–Kier alpha value is -2.46. The monoisotopic (exact) mass is 621 g/mol. The van der Waals surface area contributed by atoms with Crippen LogP contribution in [0.3, 0.4) is 0 Å². The molecule has 0 radical (unpaired) electrons. The predicted octanol–water partition coefficient (Wildman–Crippen LogP) is 9.02. The van der Waals surface area contributed by atoms with E-state index in [0.717, 1.165) is 52.0 Å². The lowest BCUT2D eigenvalue weighted by Crippen LogP contribution is -2.60. The first-order valence-electron chi connectivity index (χ1n) is 15.1. The van der Waals surface area contributed by atoms with Crippen molar-refractivity contribution in [1.29, 1.82) is 0 Å². The van der Waals surface area contributed by atoms with Crippen molar-refractivity contribution < 1.29 is 14.0 Å². The van der Waals surface area contributed by atoms with E-state index >= 15 is 0 Å². The maximum absolute atomic E-state index is 13.0.